The van der Waals surface area contributed by atoms with Crippen molar-refractivity contribution >= 4 is 25.6 Å². The number of rotatable bonds is 2. The number of aryl methyl sites for hydroxylation is 1. The van der Waals surface area contributed by atoms with Crippen LogP contribution in [0.5, 0.6) is 0 Å². The lowest BCUT2D eigenvalue weighted by atomic mass is 10.1. The largest absolute Gasteiger partial charge is 0.354 e. The minimum absolute atomic E-state index is 0.105. The summed E-state index contributed by atoms with van der Waals surface area (Å²) in [5.41, 5.74) is 0. The molecular formula is C10H14ClN3O3S. The molecule has 8 heteroatoms. The van der Waals surface area contributed by atoms with Gasteiger partial charge in [0.1, 0.15) is 11.9 Å². The molecule has 0 radical (unpaired) electrons. The molecule has 1 unspecified atom stereocenters. The van der Waals surface area contributed by atoms with Gasteiger partial charge in [-0.05, 0) is 26.2 Å². The van der Waals surface area contributed by atoms with Gasteiger partial charge >= 0.3 is 0 Å². The molecule has 0 aliphatic carbocycles. The number of halogens is 1. The maximum Gasteiger partial charge on any atom is 0.280 e. The quantitative estimate of drug-likeness (QED) is 0.823. The van der Waals surface area contributed by atoms with Crippen LogP contribution in [0, 0.1) is 6.92 Å². The zero-order chi connectivity index (χ0) is 13.3. The van der Waals surface area contributed by atoms with E-state index in [-0.39, 0.29) is 10.9 Å². The van der Waals surface area contributed by atoms with Crippen LogP contribution < -0.4 is 5.32 Å². The van der Waals surface area contributed by atoms with Crippen molar-refractivity contribution in [3.63, 3.8) is 0 Å². The molecule has 0 bridgehead atoms. The summed E-state index contributed by atoms with van der Waals surface area (Å²) in [5.74, 6) is 0.364. The summed E-state index contributed by atoms with van der Waals surface area (Å²) < 4.78 is 24.0. The highest BCUT2D eigenvalue weighted by Gasteiger charge is 2.26. The summed E-state index contributed by atoms with van der Waals surface area (Å²) in [5, 5.41) is 2.59. The molecule has 6 nitrogen and oxygen atoms in total. The Bertz CT molecular complexity index is 567. The lowest BCUT2D eigenvalue weighted by Crippen LogP contribution is -2.31. The van der Waals surface area contributed by atoms with E-state index < -0.39 is 15.1 Å². The van der Waals surface area contributed by atoms with E-state index in [0.29, 0.717) is 18.8 Å². The van der Waals surface area contributed by atoms with Crippen LogP contribution in [0.3, 0.4) is 0 Å². The molecule has 0 saturated carbocycles. The first-order chi connectivity index (χ1) is 8.39. The number of carbonyl (C=O) groups is 1. The molecule has 100 valence electrons. The highest BCUT2D eigenvalue weighted by molar-refractivity contribution is 8.13. The number of amides is 1. The number of nitrogens with one attached hydrogen (secondary N) is 1. The molecule has 1 atom stereocenters. The Kier molecular flexibility index (Phi) is 3.63. The smallest absolute Gasteiger partial charge is 0.280 e. The van der Waals surface area contributed by atoms with Crippen molar-refractivity contribution in [1.82, 2.24) is 14.9 Å². The van der Waals surface area contributed by atoms with Gasteiger partial charge < -0.3 is 9.88 Å². The Hall–Kier alpha value is -1.08. The molecular weight excluding hydrogens is 278 g/mol. The van der Waals surface area contributed by atoms with Crippen LogP contribution in [0.15, 0.2) is 11.2 Å². The van der Waals surface area contributed by atoms with E-state index in [1.165, 1.54) is 6.20 Å². The fourth-order valence-corrected chi connectivity index (χ4v) is 2.78. The second-order valence-electron chi connectivity index (χ2n) is 4.27. The Labute approximate surface area is 110 Å². The molecule has 1 aliphatic rings. The molecule has 2 heterocycles. The second kappa shape index (κ2) is 4.89. The minimum atomic E-state index is -3.86. The van der Waals surface area contributed by atoms with E-state index >= 15 is 0 Å². The summed E-state index contributed by atoms with van der Waals surface area (Å²) in [6, 6.07) is -0.410. The average Bonchev–Trinajstić information content (AvgIpc) is 2.52. The third-order valence-corrected chi connectivity index (χ3v) is 4.16. The lowest BCUT2D eigenvalue weighted by molar-refractivity contribution is -0.124. The molecule has 18 heavy (non-hydrogen) atoms. The van der Waals surface area contributed by atoms with Gasteiger partial charge in [-0.3, -0.25) is 4.79 Å². The Morgan fingerprint density at radius 3 is 2.83 bits per heavy atom. The maximum absolute atomic E-state index is 11.9. The van der Waals surface area contributed by atoms with E-state index in [1.54, 1.807) is 11.5 Å². The first-order valence-corrected chi connectivity index (χ1v) is 7.98. The van der Waals surface area contributed by atoms with Crippen LogP contribution in [0.2, 0.25) is 0 Å². The Morgan fingerprint density at radius 2 is 2.22 bits per heavy atom. The van der Waals surface area contributed by atoms with E-state index in [9.17, 15) is 13.2 Å². The van der Waals surface area contributed by atoms with Crippen LogP contribution in [0.25, 0.3) is 0 Å². The predicted octanol–water partition coefficient (Wildman–Crippen LogP) is 0.960. The number of nitrogens with zero attached hydrogens (tertiary/aromatic N) is 2. The SMILES string of the molecule is Cc1nc(S(=O)(=O)Cl)cn1C1CCCCNC1=O. The lowest BCUT2D eigenvalue weighted by Gasteiger charge is -2.15. The summed E-state index contributed by atoms with van der Waals surface area (Å²) in [4.78, 5) is 15.8. The number of aromatic nitrogens is 2. The summed E-state index contributed by atoms with van der Waals surface area (Å²) in [7, 11) is 1.39. The van der Waals surface area contributed by atoms with E-state index in [2.05, 4.69) is 10.3 Å². The first kappa shape index (κ1) is 13.4. The van der Waals surface area contributed by atoms with E-state index in [1.807, 2.05) is 0 Å². The molecule has 1 aromatic heterocycles. The molecule has 1 amide bonds. The number of imidazole rings is 1. The molecule has 1 fully saturated rings. The van der Waals surface area contributed by atoms with Crippen molar-refractivity contribution < 1.29 is 13.2 Å². The van der Waals surface area contributed by atoms with E-state index in [0.717, 1.165) is 12.8 Å². The van der Waals surface area contributed by atoms with Gasteiger partial charge in [-0.15, -0.1) is 0 Å². The van der Waals surface area contributed by atoms with Gasteiger partial charge in [-0.25, -0.2) is 13.4 Å². The Balaban J connectivity index is 2.38. The molecule has 2 rings (SSSR count). The van der Waals surface area contributed by atoms with Crippen LogP contribution in [-0.4, -0.2) is 30.4 Å². The second-order valence-corrected chi connectivity index (χ2v) is 6.79. The van der Waals surface area contributed by atoms with Crippen molar-refractivity contribution in [2.45, 2.75) is 37.3 Å². The van der Waals surface area contributed by atoms with Crippen molar-refractivity contribution in [1.29, 1.82) is 0 Å². The number of hydrogen-bond donors (Lipinski definition) is 1. The van der Waals surface area contributed by atoms with Gasteiger partial charge in [-0.1, -0.05) is 0 Å². The van der Waals surface area contributed by atoms with Crippen molar-refractivity contribution in [2.75, 3.05) is 6.54 Å². The zero-order valence-electron chi connectivity index (χ0n) is 9.89. The molecule has 1 N–H and O–H groups in total. The van der Waals surface area contributed by atoms with Gasteiger partial charge in [-0.2, -0.15) is 0 Å². The minimum Gasteiger partial charge on any atom is -0.354 e. The average molecular weight is 292 g/mol. The molecule has 0 aromatic carbocycles. The fraction of sp³-hybridized carbons (Fsp3) is 0.600. The highest BCUT2D eigenvalue weighted by atomic mass is 35.7. The van der Waals surface area contributed by atoms with Gasteiger partial charge in [0, 0.05) is 23.4 Å². The van der Waals surface area contributed by atoms with Gasteiger partial charge in [0.25, 0.3) is 9.05 Å². The van der Waals surface area contributed by atoms with Crippen LogP contribution in [0.4, 0.5) is 0 Å². The monoisotopic (exact) mass is 291 g/mol. The molecule has 0 spiro atoms. The normalized spacial score (nSPS) is 21.4. The van der Waals surface area contributed by atoms with Crippen LogP contribution >= 0.6 is 10.7 Å². The number of carbonyl (C=O) groups excluding carboxylic acids is 1. The standard InChI is InChI=1S/C10H14ClN3O3S/c1-7-13-9(18(11,16)17)6-14(7)8-4-2-3-5-12-10(8)15/h6,8H,2-5H2,1H3,(H,12,15). The topological polar surface area (TPSA) is 81.1 Å². The van der Waals surface area contributed by atoms with E-state index in [4.69, 9.17) is 10.7 Å². The van der Waals surface area contributed by atoms with Gasteiger partial charge in [0.05, 0.1) is 0 Å². The van der Waals surface area contributed by atoms with Gasteiger partial charge in [0.15, 0.2) is 5.03 Å². The van der Waals surface area contributed by atoms with Crippen LogP contribution in [0.1, 0.15) is 31.1 Å². The zero-order valence-corrected chi connectivity index (χ0v) is 11.5. The Morgan fingerprint density at radius 1 is 1.50 bits per heavy atom. The summed E-state index contributed by atoms with van der Waals surface area (Å²) >= 11 is 0. The van der Waals surface area contributed by atoms with Crippen molar-refractivity contribution in [3.8, 4) is 0 Å². The summed E-state index contributed by atoms with van der Waals surface area (Å²) in [6.45, 7) is 2.31. The fourth-order valence-electron chi connectivity index (χ4n) is 2.08. The maximum atomic E-state index is 11.9. The first-order valence-electron chi connectivity index (χ1n) is 5.67. The molecule has 1 aliphatic heterocycles. The summed E-state index contributed by atoms with van der Waals surface area (Å²) in [6.07, 6.45) is 3.83. The van der Waals surface area contributed by atoms with Crippen molar-refractivity contribution in [3.05, 3.63) is 12.0 Å². The third-order valence-electron chi connectivity index (χ3n) is 2.99. The van der Waals surface area contributed by atoms with Gasteiger partial charge in [0.2, 0.25) is 5.91 Å². The molecule has 1 saturated heterocycles. The number of hydrogen-bond acceptors (Lipinski definition) is 4. The predicted molar refractivity (Wildman–Crippen MR) is 65.9 cm³/mol. The highest BCUT2D eigenvalue weighted by Crippen LogP contribution is 2.23. The van der Waals surface area contributed by atoms with Crippen molar-refractivity contribution in [2.24, 2.45) is 0 Å². The van der Waals surface area contributed by atoms with Crippen LogP contribution in [-0.2, 0) is 13.8 Å². The molecule has 1 aromatic rings. The third kappa shape index (κ3) is 2.67.